The van der Waals surface area contributed by atoms with Gasteiger partial charge in [0.05, 0.1) is 24.7 Å². The van der Waals surface area contributed by atoms with Crippen LogP contribution in [0, 0.1) is 17.8 Å². The third-order valence-electron chi connectivity index (χ3n) is 8.70. The van der Waals surface area contributed by atoms with E-state index in [1.54, 1.807) is 6.92 Å². The summed E-state index contributed by atoms with van der Waals surface area (Å²) in [7, 11) is 2.01. The molecule has 226 valence electrons. The Morgan fingerprint density at radius 2 is 1.59 bits per heavy atom. The minimum atomic E-state index is -0.247. The van der Waals surface area contributed by atoms with Crippen LogP contribution in [0.5, 0.6) is 0 Å². The second-order valence-corrected chi connectivity index (χ2v) is 12.8. The van der Waals surface area contributed by atoms with Crippen molar-refractivity contribution in [2.24, 2.45) is 17.8 Å². The fraction of sp³-hybridized carbons (Fsp3) is 0.906. The molecule has 7 heteroatoms. The molecule has 4 unspecified atom stereocenters. The van der Waals surface area contributed by atoms with E-state index in [0.29, 0.717) is 24.9 Å². The van der Waals surface area contributed by atoms with E-state index in [2.05, 4.69) is 37.5 Å². The van der Waals surface area contributed by atoms with Crippen LogP contribution in [0.4, 0.5) is 4.79 Å². The molecule has 2 amide bonds. The second kappa shape index (κ2) is 16.6. The van der Waals surface area contributed by atoms with E-state index in [1.165, 1.54) is 32.1 Å². The lowest BCUT2D eigenvalue weighted by Gasteiger charge is -2.54. The van der Waals surface area contributed by atoms with Crippen molar-refractivity contribution >= 4 is 17.8 Å². The summed E-state index contributed by atoms with van der Waals surface area (Å²) in [6.07, 6.45) is 12.5. The zero-order valence-corrected chi connectivity index (χ0v) is 26.4. The lowest BCUT2D eigenvalue weighted by atomic mass is 9.72. The molecule has 0 N–H and O–H groups in total. The highest BCUT2D eigenvalue weighted by Crippen LogP contribution is 2.42. The number of carbonyl (C=O) groups excluding carboxylic acids is 3. The van der Waals surface area contributed by atoms with Crippen molar-refractivity contribution in [3.05, 3.63) is 0 Å². The minimum Gasteiger partial charge on any atom is -0.447 e. The number of rotatable bonds is 12. The summed E-state index contributed by atoms with van der Waals surface area (Å²) in [6.45, 7) is 16.1. The molecule has 39 heavy (non-hydrogen) atoms. The van der Waals surface area contributed by atoms with Crippen LogP contribution in [0.2, 0.25) is 0 Å². The third kappa shape index (κ3) is 10.4. The van der Waals surface area contributed by atoms with Crippen molar-refractivity contribution in [1.82, 2.24) is 14.7 Å². The maximum atomic E-state index is 13.2. The van der Waals surface area contributed by atoms with Crippen LogP contribution < -0.4 is 0 Å². The summed E-state index contributed by atoms with van der Waals surface area (Å²) >= 11 is 0. The van der Waals surface area contributed by atoms with Gasteiger partial charge >= 0.3 is 6.09 Å². The highest BCUT2D eigenvalue weighted by molar-refractivity contribution is 5.82. The van der Waals surface area contributed by atoms with E-state index in [4.69, 9.17) is 4.74 Å². The molecule has 0 radical (unpaired) electrons. The normalized spacial score (nSPS) is 25.6. The second-order valence-electron chi connectivity index (χ2n) is 12.8. The molecule has 7 nitrogen and oxygen atoms in total. The number of unbranched alkanes of at least 4 members (excludes halogenated alkanes) is 4. The van der Waals surface area contributed by atoms with Crippen molar-refractivity contribution in [3.8, 4) is 0 Å². The molecule has 1 aliphatic heterocycles. The predicted molar refractivity (Wildman–Crippen MR) is 159 cm³/mol. The number of hydrogen-bond donors (Lipinski definition) is 0. The van der Waals surface area contributed by atoms with Crippen molar-refractivity contribution < 1.29 is 19.1 Å². The molecule has 0 aromatic rings. The fourth-order valence-corrected chi connectivity index (χ4v) is 6.62. The van der Waals surface area contributed by atoms with Gasteiger partial charge in [-0.15, -0.1) is 0 Å². The van der Waals surface area contributed by atoms with Gasteiger partial charge in [-0.1, -0.05) is 59.3 Å². The van der Waals surface area contributed by atoms with Crippen molar-refractivity contribution in [2.45, 2.75) is 143 Å². The average molecular weight is 550 g/mol. The Morgan fingerprint density at radius 1 is 0.949 bits per heavy atom. The first-order chi connectivity index (χ1) is 18.5. The first-order valence-corrected chi connectivity index (χ1v) is 16.0. The monoisotopic (exact) mass is 549 g/mol. The molecular formula is C32H59N3O4. The summed E-state index contributed by atoms with van der Waals surface area (Å²) in [4.78, 5) is 43.9. The molecule has 0 aromatic carbocycles. The maximum absolute atomic E-state index is 13.2. The SMILES string of the molecule is CCC(CN(C)CC(C)=O)C1CCC2C(C1)N(C(=O)OC(C)C)C[C@H](C)N2C(=O)C1CC1.CCCCCCC. The number of Topliss-reactive ketones (excluding diaryl/α,β-unsaturated/α-hetero) is 1. The maximum Gasteiger partial charge on any atom is 0.410 e. The van der Waals surface area contributed by atoms with Gasteiger partial charge in [0.1, 0.15) is 5.78 Å². The smallest absolute Gasteiger partial charge is 0.410 e. The lowest BCUT2D eigenvalue weighted by Crippen LogP contribution is -2.67. The molecule has 1 saturated heterocycles. The van der Waals surface area contributed by atoms with E-state index in [1.807, 2.05) is 25.8 Å². The number of amides is 2. The van der Waals surface area contributed by atoms with Gasteiger partial charge in [0, 0.05) is 25.0 Å². The molecule has 1 heterocycles. The minimum absolute atomic E-state index is 0.00561. The molecule has 3 fully saturated rings. The van der Waals surface area contributed by atoms with Crippen LogP contribution in [-0.2, 0) is 14.3 Å². The van der Waals surface area contributed by atoms with Gasteiger partial charge in [0.2, 0.25) is 5.91 Å². The molecule has 0 bridgehead atoms. The van der Waals surface area contributed by atoms with Gasteiger partial charge in [0.25, 0.3) is 0 Å². The van der Waals surface area contributed by atoms with Crippen LogP contribution in [0.3, 0.4) is 0 Å². The predicted octanol–water partition coefficient (Wildman–Crippen LogP) is 6.54. The number of fused-ring (bicyclic) bond motifs is 1. The zero-order chi connectivity index (χ0) is 29.1. The molecule has 0 spiro atoms. The Kier molecular flexibility index (Phi) is 14.3. The summed E-state index contributed by atoms with van der Waals surface area (Å²) in [6, 6.07) is 0.102. The van der Waals surface area contributed by atoms with E-state index < -0.39 is 0 Å². The Labute approximate surface area is 239 Å². The van der Waals surface area contributed by atoms with Crippen LogP contribution >= 0.6 is 0 Å². The van der Waals surface area contributed by atoms with Crippen LogP contribution in [-0.4, -0.2) is 83.4 Å². The lowest BCUT2D eigenvalue weighted by molar-refractivity contribution is -0.146. The van der Waals surface area contributed by atoms with Gasteiger partial charge in [-0.25, -0.2) is 4.79 Å². The number of carbonyl (C=O) groups is 3. The Hall–Kier alpha value is -1.63. The molecule has 2 aliphatic carbocycles. The molecule has 3 rings (SSSR count). The first kappa shape index (κ1) is 33.6. The van der Waals surface area contributed by atoms with Crippen molar-refractivity contribution in [1.29, 1.82) is 0 Å². The van der Waals surface area contributed by atoms with Gasteiger partial charge < -0.3 is 14.5 Å². The Balaban J connectivity index is 0.000000673. The van der Waals surface area contributed by atoms with E-state index in [9.17, 15) is 14.4 Å². The van der Waals surface area contributed by atoms with Gasteiger partial charge in [-0.3, -0.25) is 14.5 Å². The quantitative estimate of drug-likeness (QED) is 0.259. The number of piperazine rings is 1. The molecule has 0 aromatic heterocycles. The van der Waals surface area contributed by atoms with Crippen molar-refractivity contribution in [2.75, 3.05) is 26.7 Å². The molecular weight excluding hydrogens is 490 g/mol. The summed E-state index contributed by atoms with van der Waals surface area (Å²) < 4.78 is 5.61. The summed E-state index contributed by atoms with van der Waals surface area (Å²) in [5.41, 5.74) is 0. The molecule has 2 saturated carbocycles. The van der Waals surface area contributed by atoms with E-state index in [0.717, 1.165) is 45.1 Å². The average Bonchev–Trinajstić information content (AvgIpc) is 3.72. The van der Waals surface area contributed by atoms with Gasteiger partial charge in [-0.2, -0.15) is 0 Å². The summed E-state index contributed by atoms with van der Waals surface area (Å²) in [5, 5.41) is 0. The number of ether oxygens (including phenoxy) is 1. The first-order valence-electron chi connectivity index (χ1n) is 16.0. The summed E-state index contributed by atoms with van der Waals surface area (Å²) in [5.74, 6) is 1.60. The van der Waals surface area contributed by atoms with Gasteiger partial charge in [-0.05, 0) is 78.7 Å². The van der Waals surface area contributed by atoms with Crippen LogP contribution in [0.1, 0.15) is 119 Å². The largest absolute Gasteiger partial charge is 0.447 e. The number of ketones is 1. The third-order valence-corrected chi connectivity index (χ3v) is 8.70. The Morgan fingerprint density at radius 3 is 2.10 bits per heavy atom. The number of nitrogens with zero attached hydrogens (tertiary/aromatic N) is 3. The van der Waals surface area contributed by atoms with Gasteiger partial charge in [0.15, 0.2) is 0 Å². The highest BCUT2D eigenvalue weighted by Gasteiger charge is 2.50. The Bertz CT molecular complexity index is 765. The fourth-order valence-electron chi connectivity index (χ4n) is 6.62. The van der Waals surface area contributed by atoms with Crippen LogP contribution in [0.15, 0.2) is 0 Å². The number of likely N-dealkylation sites (N-methyl/N-ethyl adjacent to an activating group) is 1. The molecule has 5 atom stereocenters. The molecule has 3 aliphatic rings. The zero-order valence-electron chi connectivity index (χ0n) is 26.4. The van der Waals surface area contributed by atoms with E-state index >= 15 is 0 Å². The van der Waals surface area contributed by atoms with E-state index in [-0.39, 0.29) is 47.9 Å². The standard InChI is InChI=1S/C25H43N3O4.C7H16/c1-7-19(15-26(6)14-18(5)29)21-10-11-22-23(12-21)27(25(31)32-16(2)3)13-17(4)28(22)24(30)20-8-9-20;1-3-5-7-6-4-2/h16-17,19-23H,7-15H2,1-6H3;3-7H2,1-2H3/t17-,19?,21?,22?,23?;/m0./s1. The topological polar surface area (TPSA) is 70.2 Å². The van der Waals surface area contributed by atoms with Crippen LogP contribution in [0.25, 0.3) is 0 Å². The highest BCUT2D eigenvalue weighted by atomic mass is 16.6. The number of hydrogen-bond acceptors (Lipinski definition) is 5. The van der Waals surface area contributed by atoms with Crippen molar-refractivity contribution in [3.63, 3.8) is 0 Å².